The lowest BCUT2D eigenvalue weighted by Gasteiger charge is -2.15. The maximum Gasteiger partial charge on any atom is 0.360 e. The Morgan fingerprint density at radius 1 is 1.41 bits per heavy atom. The molecule has 0 saturated carbocycles. The van der Waals surface area contributed by atoms with E-state index in [0.29, 0.717) is 11.3 Å². The first kappa shape index (κ1) is 16.5. The average Bonchev–Trinajstić information content (AvgIpc) is 2.87. The van der Waals surface area contributed by atoms with Gasteiger partial charge < -0.3 is 9.15 Å². The van der Waals surface area contributed by atoms with E-state index in [0.717, 1.165) is 0 Å². The van der Waals surface area contributed by atoms with Gasteiger partial charge in [0.25, 0.3) is 0 Å². The zero-order chi connectivity index (χ0) is 16.5. The Kier molecular flexibility index (Phi) is 4.56. The molecule has 0 spiro atoms. The van der Waals surface area contributed by atoms with Gasteiger partial charge in [-0.25, -0.2) is 14.2 Å². The van der Waals surface area contributed by atoms with Crippen molar-refractivity contribution in [2.24, 2.45) is 0 Å². The molecule has 22 heavy (non-hydrogen) atoms. The molecular weight excluding hydrogens is 309 g/mol. The molecular formula is C16H17ClFNO3. The van der Waals surface area contributed by atoms with Crippen LogP contribution in [0.3, 0.4) is 0 Å². The SMILES string of the molecule is CCOC(=O)c1nc(-c2ccc(F)c(Cl)c2)oc1C(C)(C)C. The third-order valence-electron chi connectivity index (χ3n) is 2.94. The van der Waals surface area contributed by atoms with Crippen molar-refractivity contribution >= 4 is 17.6 Å². The highest BCUT2D eigenvalue weighted by molar-refractivity contribution is 6.31. The van der Waals surface area contributed by atoms with Crippen molar-refractivity contribution in [3.8, 4) is 11.5 Å². The summed E-state index contributed by atoms with van der Waals surface area (Å²) >= 11 is 5.78. The molecule has 0 amide bonds. The standard InChI is InChI=1S/C16H17ClFNO3/c1-5-21-15(20)12-13(16(2,3)4)22-14(19-12)9-6-7-11(18)10(17)8-9/h6-8H,5H2,1-4H3. The van der Waals surface area contributed by atoms with Crippen LogP contribution in [0.1, 0.15) is 43.9 Å². The van der Waals surface area contributed by atoms with Crippen LogP contribution in [0.25, 0.3) is 11.5 Å². The van der Waals surface area contributed by atoms with Crippen LogP contribution in [0.15, 0.2) is 22.6 Å². The molecule has 4 nitrogen and oxygen atoms in total. The summed E-state index contributed by atoms with van der Waals surface area (Å²) in [7, 11) is 0. The van der Waals surface area contributed by atoms with Gasteiger partial charge in [0.05, 0.1) is 11.6 Å². The molecule has 1 aromatic heterocycles. The van der Waals surface area contributed by atoms with Gasteiger partial charge in [0.2, 0.25) is 5.89 Å². The van der Waals surface area contributed by atoms with Crippen LogP contribution >= 0.6 is 11.6 Å². The Morgan fingerprint density at radius 3 is 2.64 bits per heavy atom. The lowest BCUT2D eigenvalue weighted by molar-refractivity contribution is 0.0515. The summed E-state index contributed by atoms with van der Waals surface area (Å²) in [4.78, 5) is 16.3. The number of ether oxygens (including phenoxy) is 1. The third-order valence-corrected chi connectivity index (χ3v) is 3.23. The fraction of sp³-hybridized carbons (Fsp3) is 0.375. The maximum atomic E-state index is 13.3. The Bertz CT molecular complexity index is 704. The van der Waals surface area contributed by atoms with Gasteiger partial charge in [-0.05, 0) is 25.1 Å². The van der Waals surface area contributed by atoms with Crippen LogP contribution in [0.5, 0.6) is 0 Å². The average molecular weight is 326 g/mol. The van der Waals surface area contributed by atoms with Gasteiger partial charge in [-0.2, -0.15) is 0 Å². The molecule has 0 radical (unpaired) electrons. The number of benzene rings is 1. The minimum absolute atomic E-state index is 0.0364. The number of halogens is 2. The van der Waals surface area contributed by atoms with E-state index in [4.69, 9.17) is 20.8 Å². The summed E-state index contributed by atoms with van der Waals surface area (Å²) in [5.41, 5.74) is 0.189. The predicted molar refractivity (Wildman–Crippen MR) is 81.6 cm³/mol. The molecule has 0 fully saturated rings. The minimum atomic E-state index is -0.546. The number of hydrogen-bond acceptors (Lipinski definition) is 4. The number of hydrogen-bond donors (Lipinski definition) is 0. The van der Waals surface area contributed by atoms with E-state index in [1.807, 2.05) is 20.8 Å². The number of esters is 1. The second-order valence-corrected chi connectivity index (χ2v) is 6.20. The molecule has 2 rings (SSSR count). The van der Waals surface area contributed by atoms with Crippen LogP contribution in [-0.2, 0) is 10.2 Å². The quantitative estimate of drug-likeness (QED) is 0.773. The highest BCUT2D eigenvalue weighted by atomic mass is 35.5. The number of carbonyl (C=O) groups excluding carboxylic acids is 1. The zero-order valence-electron chi connectivity index (χ0n) is 12.9. The molecule has 0 unspecified atom stereocenters. The van der Waals surface area contributed by atoms with Crippen LogP contribution < -0.4 is 0 Å². The topological polar surface area (TPSA) is 52.3 Å². The maximum absolute atomic E-state index is 13.3. The van der Waals surface area contributed by atoms with Gasteiger partial charge in [0.15, 0.2) is 5.69 Å². The molecule has 0 aliphatic heterocycles. The zero-order valence-corrected chi connectivity index (χ0v) is 13.6. The fourth-order valence-corrected chi connectivity index (χ4v) is 2.10. The molecule has 1 aromatic carbocycles. The number of nitrogens with zero attached hydrogens (tertiary/aromatic N) is 1. The monoisotopic (exact) mass is 325 g/mol. The van der Waals surface area contributed by atoms with E-state index in [-0.39, 0.29) is 23.2 Å². The highest BCUT2D eigenvalue weighted by Crippen LogP contribution is 2.32. The largest absolute Gasteiger partial charge is 0.461 e. The second kappa shape index (κ2) is 6.08. The van der Waals surface area contributed by atoms with E-state index in [9.17, 15) is 9.18 Å². The van der Waals surface area contributed by atoms with Gasteiger partial charge >= 0.3 is 5.97 Å². The summed E-state index contributed by atoms with van der Waals surface area (Å²) < 4.78 is 24.0. The van der Waals surface area contributed by atoms with E-state index in [1.165, 1.54) is 18.2 Å². The van der Waals surface area contributed by atoms with Crippen LogP contribution in [0, 0.1) is 5.82 Å². The molecule has 2 aromatic rings. The van der Waals surface area contributed by atoms with Crippen LogP contribution in [0.4, 0.5) is 4.39 Å². The normalized spacial score (nSPS) is 11.5. The molecule has 0 bridgehead atoms. The van der Waals surface area contributed by atoms with Gasteiger partial charge in [0, 0.05) is 11.0 Å². The fourth-order valence-electron chi connectivity index (χ4n) is 1.92. The van der Waals surface area contributed by atoms with Crippen LogP contribution in [0.2, 0.25) is 5.02 Å². The minimum Gasteiger partial charge on any atom is -0.461 e. The van der Waals surface area contributed by atoms with Gasteiger partial charge in [-0.3, -0.25) is 0 Å². The lowest BCUT2D eigenvalue weighted by atomic mass is 9.92. The Labute approximate surface area is 133 Å². The molecule has 0 aliphatic carbocycles. The molecule has 0 saturated heterocycles. The summed E-state index contributed by atoms with van der Waals surface area (Å²) in [6.45, 7) is 7.66. The van der Waals surface area contributed by atoms with Crippen molar-refractivity contribution in [3.63, 3.8) is 0 Å². The van der Waals surface area contributed by atoms with Crippen molar-refractivity contribution < 1.29 is 18.3 Å². The van der Waals surface area contributed by atoms with Crippen molar-refractivity contribution in [2.75, 3.05) is 6.61 Å². The highest BCUT2D eigenvalue weighted by Gasteiger charge is 2.30. The van der Waals surface area contributed by atoms with E-state index < -0.39 is 17.2 Å². The summed E-state index contributed by atoms with van der Waals surface area (Å²) in [6.07, 6.45) is 0. The molecule has 0 N–H and O–H groups in total. The lowest BCUT2D eigenvalue weighted by Crippen LogP contribution is -2.17. The van der Waals surface area contributed by atoms with Crippen molar-refractivity contribution in [1.82, 2.24) is 4.98 Å². The smallest absolute Gasteiger partial charge is 0.360 e. The molecule has 6 heteroatoms. The number of rotatable bonds is 3. The summed E-state index contributed by atoms with van der Waals surface area (Å²) in [5, 5.41) is -0.0364. The Morgan fingerprint density at radius 2 is 2.09 bits per heavy atom. The van der Waals surface area contributed by atoms with Crippen molar-refractivity contribution in [2.45, 2.75) is 33.1 Å². The van der Waals surface area contributed by atoms with Crippen molar-refractivity contribution in [1.29, 1.82) is 0 Å². The number of aromatic nitrogens is 1. The van der Waals surface area contributed by atoms with Crippen molar-refractivity contribution in [3.05, 3.63) is 40.5 Å². The molecule has 0 aliphatic rings. The first-order chi connectivity index (χ1) is 10.2. The molecule has 1 heterocycles. The van der Waals surface area contributed by atoms with E-state index in [1.54, 1.807) is 6.92 Å². The number of carbonyl (C=O) groups is 1. The van der Waals surface area contributed by atoms with Gasteiger partial charge in [-0.1, -0.05) is 32.4 Å². The number of oxazole rings is 1. The molecule has 118 valence electrons. The van der Waals surface area contributed by atoms with Gasteiger partial charge in [-0.15, -0.1) is 0 Å². The van der Waals surface area contributed by atoms with Crippen LogP contribution in [-0.4, -0.2) is 17.6 Å². The second-order valence-electron chi connectivity index (χ2n) is 5.80. The first-order valence-electron chi connectivity index (χ1n) is 6.88. The predicted octanol–water partition coefficient (Wildman–Crippen LogP) is 4.61. The Balaban J connectivity index is 2.54. The van der Waals surface area contributed by atoms with E-state index in [2.05, 4.69) is 4.98 Å². The van der Waals surface area contributed by atoms with E-state index >= 15 is 0 Å². The Hall–Kier alpha value is -1.88. The summed E-state index contributed by atoms with van der Waals surface area (Å²) in [5.74, 6) is -0.453. The van der Waals surface area contributed by atoms with Gasteiger partial charge in [0.1, 0.15) is 11.6 Å². The third kappa shape index (κ3) is 3.30. The summed E-state index contributed by atoms with van der Waals surface area (Å²) in [6, 6.07) is 4.13. The molecule has 0 atom stereocenters. The first-order valence-corrected chi connectivity index (χ1v) is 7.25.